The van der Waals surface area contributed by atoms with E-state index >= 15 is 0 Å². The molecule has 1 heterocycles. The number of nitrogens with zero attached hydrogens (tertiary/aromatic N) is 1. The van der Waals surface area contributed by atoms with Crippen molar-refractivity contribution in [2.45, 2.75) is 51.6 Å². The number of hydrogen-bond donors (Lipinski definition) is 1. The summed E-state index contributed by atoms with van der Waals surface area (Å²) in [6, 6.07) is 8.78. The van der Waals surface area contributed by atoms with E-state index in [4.69, 9.17) is 9.47 Å². The molecule has 1 amide bonds. The summed E-state index contributed by atoms with van der Waals surface area (Å²) in [6.45, 7) is 5.36. The third kappa shape index (κ3) is 6.04. The fourth-order valence-corrected chi connectivity index (χ4v) is 2.90. The third-order valence-corrected chi connectivity index (χ3v) is 4.46. The zero-order valence-electron chi connectivity index (χ0n) is 14.9. The van der Waals surface area contributed by atoms with Crippen LogP contribution in [0.1, 0.15) is 44.6 Å². The number of benzene rings is 1. The molecule has 24 heavy (non-hydrogen) atoms. The molecular weight excluding hydrogens is 304 g/mol. The molecule has 1 aliphatic heterocycles. The van der Waals surface area contributed by atoms with Crippen LogP contribution < -0.4 is 10.1 Å². The number of methoxy groups -OCH3 is 1. The van der Waals surface area contributed by atoms with Crippen LogP contribution in [0.2, 0.25) is 0 Å². The lowest BCUT2D eigenvalue weighted by Gasteiger charge is -2.31. The Labute approximate surface area is 145 Å². The van der Waals surface area contributed by atoms with E-state index in [1.54, 1.807) is 4.90 Å². The lowest BCUT2D eigenvalue weighted by Crippen LogP contribution is -2.44. The van der Waals surface area contributed by atoms with Gasteiger partial charge in [-0.05, 0) is 37.0 Å². The van der Waals surface area contributed by atoms with Crippen molar-refractivity contribution in [3.63, 3.8) is 0 Å². The van der Waals surface area contributed by atoms with Crippen LogP contribution in [0.25, 0.3) is 0 Å². The monoisotopic (exact) mass is 334 g/mol. The highest BCUT2D eigenvalue weighted by atomic mass is 16.5. The molecule has 0 unspecified atom stereocenters. The molecule has 1 aromatic rings. The van der Waals surface area contributed by atoms with Crippen molar-refractivity contribution in [1.82, 2.24) is 10.2 Å². The second-order valence-corrected chi connectivity index (χ2v) is 6.31. The molecule has 0 saturated carbocycles. The number of carbonyl (C=O) groups excluding carboxylic acids is 1. The Morgan fingerprint density at radius 2 is 1.92 bits per heavy atom. The van der Waals surface area contributed by atoms with Crippen molar-refractivity contribution >= 4 is 6.09 Å². The van der Waals surface area contributed by atoms with Crippen LogP contribution in [-0.4, -0.2) is 43.8 Å². The number of likely N-dealkylation sites (tertiary alicyclic amines) is 1. The molecule has 0 aromatic heterocycles. The number of piperidine rings is 1. The van der Waals surface area contributed by atoms with Gasteiger partial charge in [-0.25, -0.2) is 4.79 Å². The summed E-state index contributed by atoms with van der Waals surface area (Å²) in [5.41, 5.74) is 1.26. The molecule has 0 bridgehead atoms. The van der Waals surface area contributed by atoms with Crippen LogP contribution in [0.15, 0.2) is 24.3 Å². The summed E-state index contributed by atoms with van der Waals surface area (Å²) >= 11 is 0. The zero-order valence-corrected chi connectivity index (χ0v) is 14.9. The lowest BCUT2D eigenvalue weighted by atomic mass is 10.0. The molecule has 2 rings (SSSR count). The Bertz CT molecular complexity index is 482. The summed E-state index contributed by atoms with van der Waals surface area (Å²) in [6.07, 6.45) is 5.26. The number of carbonyl (C=O) groups is 1. The molecule has 1 aromatic carbocycles. The highest BCUT2D eigenvalue weighted by Gasteiger charge is 2.22. The average molecular weight is 334 g/mol. The number of amides is 1. The molecule has 0 spiro atoms. The minimum Gasteiger partial charge on any atom is -0.494 e. The molecule has 1 fully saturated rings. The van der Waals surface area contributed by atoms with Crippen molar-refractivity contribution in [1.29, 1.82) is 0 Å². The predicted octanol–water partition coefficient (Wildman–Crippen LogP) is 3.58. The highest BCUT2D eigenvalue weighted by molar-refractivity contribution is 5.67. The molecule has 0 radical (unpaired) electrons. The molecule has 0 atom stereocenters. The predicted molar refractivity (Wildman–Crippen MR) is 95.3 cm³/mol. The number of nitrogens with one attached hydrogen (secondary N) is 1. The second-order valence-electron chi connectivity index (χ2n) is 6.31. The Balaban J connectivity index is 1.66. The van der Waals surface area contributed by atoms with Gasteiger partial charge in [-0.2, -0.15) is 0 Å². The zero-order chi connectivity index (χ0) is 17.2. The van der Waals surface area contributed by atoms with Gasteiger partial charge in [0.2, 0.25) is 0 Å². The van der Waals surface area contributed by atoms with Crippen LogP contribution in [0.3, 0.4) is 0 Å². The summed E-state index contributed by atoms with van der Waals surface area (Å²) < 4.78 is 10.5. The van der Waals surface area contributed by atoms with Gasteiger partial charge in [-0.1, -0.05) is 31.9 Å². The maximum absolute atomic E-state index is 11.5. The molecule has 5 nitrogen and oxygen atoms in total. The summed E-state index contributed by atoms with van der Waals surface area (Å²) in [5, 5.41) is 3.58. The summed E-state index contributed by atoms with van der Waals surface area (Å²) in [5.74, 6) is 0.946. The van der Waals surface area contributed by atoms with Crippen LogP contribution in [-0.2, 0) is 11.3 Å². The first kappa shape index (κ1) is 18.6. The van der Waals surface area contributed by atoms with Gasteiger partial charge in [-0.15, -0.1) is 0 Å². The second kappa shape index (κ2) is 10.2. The van der Waals surface area contributed by atoms with E-state index in [1.165, 1.54) is 25.5 Å². The van der Waals surface area contributed by atoms with Gasteiger partial charge in [-0.3, -0.25) is 0 Å². The lowest BCUT2D eigenvalue weighted by molar-refractivity contribution is 0.109. The molecule has 5 heteroatoms. The van der Waals surface area contributed by atoms with Gasteiger partial charge in [0.15, 0.2) is 0 Å². The smallest absolute Gasteiger partial charge is 0.409 e. The maximum Gasteiger partial charge on any atom is 0.409 e. The Hall–Kier alpha value is -1.75. The van der Waals surface area contributed by atoms with Crippen LogP contribution in [0.4, 0.5) is 4.79 Å². The van der Waals surface area contributed by atoms with E-state index in [0.717, 1.165) is 51.3 Å². The van der Waals surface area contributed by atoms with E-state index in [9.17, 15) is 4.79 Å². The Morgan fingerprint density at radius 1 is 1.21 bits per heavy atom. The van der Waals surface area contributed by atoms with E-state index in [1.807, 2.05) is 12.1 Å². The topological polar surface area (TPSA) is 50.8 Å². The Kier molecular flexibility index (Phi) is 7.89. The van der Waals surface area contributed by atoms with E-state index in [2.05, 4.69) is 24.4 Å². The number of unbranched alkanes of at least 4 members (excludes halogenated alkanes) is 2. The maximum atomic E-state index is 11.5. The van der Waals surface area contributed by atoms with Crippen molar-refractivity contribution in [2.24, 2.45) is 0 Å². The molecular formula is C19H30N2O3. The van der Waals surface area contributed by atoms with Crippen molar-refractivity contribution < 1.29 is 14.3 Å². The quantitative estimate of drug-likeness (QED) is 0.738. The summed E-state index contributed by atoms with van der Waals surface area (Å²) in [4.78, 5) is 13.2. The summed E-state index contributed by atoms with van der Waals surface area (Å²) in [7, 11) is 1.43. The van der Waals surface area contributed by atoms with Gasteiger partial charge in [0.25, 0.3) is 0 Å². The fourth-order valence-electron chi connectivity index (χ4n) is 2.90. The molecule has 1 N–H and O–H groups in total. The number of hydrogen-bond acceptors (Lipinski definition) is 4. The third-order valence-electron chi connectivity index (χ3n) is 4.46. The standard InChI is InChI=1S/C19H30N2O3/c1-3-4-5-14-24-18-8-6-16(7-9-18)15-20-17-10-12-21(13-11-17)19(22)23-2/h6-9,17,20H,3-5,10-15H2,1-2H3. The van der Waals surface area contributed by atoms with Gasteiger partial charge >= 0.3 is 6.09 Å². The molecule has 1 aliphatic rings. The molecule has 1 saturated heterocycles. The van der Waals surface area contributed by atoms with E-state index in [-0.39, 0.29) is 6.09 Å². The SMILES string of the molecule is CCCCCOc1ccc(CNC2CCN(C(=O)OC)CC2)cc1. The van der Waals surface area contributed by atoms with Gasteiger partial charge in [0, 0.05) is 25.7 Å². The van der Waals surface area contributed by atoms with Gasteiger partial charge in [0.05, 0.1) is 13.7 Å². The molecule has 134 valence electrons. The van der Waals surface area contributed by atoms with Crippen LogP contribution in [0.5, 0.6) is 5.75 Å². The van der Waals surface area contributed by atoms with Crippen molar-refractivity contribution in [3.05, 3.63) is 29.8 Å². The largest absolute Gasteiger partial charge is 0.494 e. The minimum absolute atomic E-state index is 0.219. The normalized spacial score (nSPS) is 15.3. The first-order valence-electron chi connectivity index (χ1n) is 9.01. The first-order valence-corrected chi connectivity index (χ1v) is 9.01. The highest BCUT2D eigenvalue weighted by Crippen LogP contribution is 2.15. The number of rotatable bonds is 8. The Morgan fingerprint density at radius 3 is 2.54 bits per heavy atom. The first-order chi connectivity index (χ1) is 11.7. The van der Waals surface area contributed by atoms with Crippen molar-refractivity contribution in [2.75, 3.05) is 26.8 Å². The van der Waals surface area contributed by atoms with Gasteiger partial charge in [0.1, 0.15) is 5.75 Å². The minimum atomic E-state index is -0.219. The van der Waals surface area contributed by atoms with Crippen molar-refractivity contribution in [3.8, 4) is 5.75 Å². The molecule has 0 aliphatic carbocycles. The fraction of sp³-hybridized carbons (Fsp3) is 0.632. The van der Waals surface area contributed by atoms with Gasteiger partial charge < -0.3 is 19.7 Å². The van der Waals surface area contributed by atoms with Crippen LogP contribution >= 0.6 is 0 Å². The van der Waals surface area contributed by atoms with Crippen LogP contribution in [0, 0.1) is 0 Å². The van der Waals surface area contributed by atoms with E-state index < -0.39 is 0 Å². The number of ether oxygens (including phenoxy) is 2. The van der Waals surface area contributed by atoms with E-state index in [0.29, 0.717) is 6.04 Å². The average Bonchev–Trinajstić information content (AvgIpc) is 2.64.